The molecule has 0 saturated carbocycles. The van der Waals surface area contributed by atoms with Crippen LogP contribution in [0.25, 0.3) is 0 Å². The molecule has 0 spiro atoms. The Morgan fingerprint density at radius 1 is 1.39 bits per heavy atom. The predicted molar refractivity (Wildman–Crippen MR) is 71.7 cm³/mol. The van der Waals surface area contributed by atoms with Crippen molar-refractivity contribution in [2.45, 2.75) is 26.3 Å². The number of rotatable bonds is 5. The number of nitrogens with two attached hydrogens (primary N) is 1. The Hall–Kier alpha value is -1.81. The summed E-state index contributed by atoms with van der Waals surface area (Å²) in [7, 11) is 1.69. The largest absolute Gasteiger partial charge is 0.496 e. The van der Waals surface area contributed by atoms with Crippen LogP contribution in [0.15, 0.2) is 24.4 Å². The number of H-pyrrole nitrogens is 1. The third kappa shape index (κ3) is 2.71. The predicted octanol–water partition coefficient (Wildman–Crippen LogP) is 2.03. The Morgan fingerprint density at radius 2 is 2.22 bits per heavy atom. The van der Waals surface area contributed by atoms with Crippen molar-refractivity contribution in [1.29, 1.82) is 0 Å². The van der Waals surface area contributed by atoms with Crippen molar-refractivity contribution in [3.05, 3.63) is 47.0 Å². The Morgan fingerprint density at radius 3 is 2.83 bits per heavy atom. The van der Waals surface area contributed by atoms with Crippen molar-refractivity contribution < 1.29 is 4.74 Å². The summed E-state index contributed by atoms with van der Waals surface area (Å²) in [4.78, 5) is 7.53. The number of aromatic nitrogens is 2. The molecule has 0 aliphatic rings. The smallest absolute Gasteiger partial charge is 0.122 e. The molecular formula is C14H19N3O. The van der Waals surface area contributed by atoms with Gasteiger partial charge in [-0.1, -0.05) is 19.1 Å². The van der Waals surface area contributed by atoms with Gasteiger partial charge in [-0.3, -0.25) is 0 Å². The average Bonchev–Trinajstić information content (AvgIpc) is 2.86. The van der Waals surface area contributed by atoms with Crippen molar-refractivity contribution in [2.24, 2.45) is 5.73 Å². The minimum atomic E-state index is 0.485. The molecule has 0 bridgehead atoms. The van der Waals surface area contributed by atoms with Gasteiger partial charge in [0, 0.05) is 30.4 Å². The van der Waals surface area contributed by atoms with E-state index in [1.165, 1.54) is 5.56 Å². The van der Waals surface area contributed by atoms with Gasteiger partial charge in [-0.2, -0.15) is 0 Å². The van der Waals surface area contributed by atoms with E-state index in [-0.39, 0.29) is 0 Å². The van der Waals surface area contributed by atoms with Crippen LogP contribution < -0.4 is 10.5 Å². The Bertz CT molecular complexity index is 520. The summed E-state index contributed by atoms with van der Waals surface area (Å²) in [6.45, 7) is 2.63. The van der Waals surface area contributed by atoms with Crippen LogP contribution in [-0.4, -0.2) is 17.1 Å². The molecule has 0 aliphatic heterocycles. The van der Waals surface area contributed by atoms with Crippen LogP contribution in [0.2, 0.25) is 0 Å². The van der Waals surface area contributed by atoms with Crippen molar-refractivity contribution in [2.75, 3.05) is 7.11 Å². The number of benzene rings is 1. The third-order valence-corrected chi connectivity index (χ3v) is 3.01. The number of methoxy groups -OCH3 is 1. The quantitative estimate of drug-likeness (QED) is 0.847. The highest BCUT2D eigenvalue weighted by atomic mass is 16.5. The maximum absolute atomic E-state index is 5.56. The van der Waals surface area contributed by atoms with E-state index >= 15 is 0 Å². The van der Waals surface area contributed by atoms with Crippen LogP contribution in [0.1, 0.15) is 29.6 Å². The van der Waals surface area contributed by atoms with E-state index in [1.54, 1.807) is 13.3 Å². The monoisotopic (exact) mass is 245 g/mol. The van der Waals surface area contributed by atoms with E-state index in [1.807, 2.05) is 6.07 Å². The molecule has 0 saturated heterocycles. The molecule has 0 atom stereocenters. The van der Waals surface area contributed by atoms with Crippen LogP contribution in [0, 0.1) is 0 Å². The van der Waals surface area contributed by atoms with Gasteiger partial charge < -0.3 is 15.5 Å². The highest BCUT2D eigenvalue weighted by molar-refractivity contribution is 5.39. The molecule has 1 aromatic carbocycles. The van der Waals surface area contributed by atoms with Crippen LogP contribution in [0.4, 0.5) is 0 Å². The first-order valence-corrected chi connectivity index (χ1v) is 6.15. The lowest BCUT2D eigenvalue weighted by molar-refractivity contribution is 0.410. The van der Waals surface area contributed by atoms with Gasteiger partial charge >= 0.3 is 0 Å². The fourth-order valence-corrected chi connectivity index (χ4v) is 1.97. The summed E-state index contributed by atoms with van der Waals surface area (Å²) >= 11 is 0. The van der Waals surface area contributed by atoms with Gasteiger partial charge in [0.2, 0.25) is 0 Å². The summed E-state index contributed by atoms with van der Waals surface area (Å²) < 4.78 is 5.38. The topological polar surface area (TPSA) is 63.9 Å². The molecule has 1 heterocycles. The Kier molecular flexibility index (Phi) is 3.99. The van der Waals surface area contributed by atoms with Crippen molar-refractivity contribution in [3.63, 3.8) is 0 Å². The van der Waals surface area contributed by atoms with Gasteiger partial charge in [0.05, 0.1) is 7.11 Å². The molecule has 1 aromatic heterocycles. The molecule has 0 aliphatic carbocycles. The van der Waals surface area contributed by atoms with Gasteiger partial charge in [-0.15, -0.1) is 0 Å². The normalized spacial score (nSPS) is 10.6. The second-order valence-corrected chi connectivity index (χ2v) is 4.24. The zero-order chi connectivity index (χ0) is 13.0. The van der Waals surface area contributed by atoms with Crippen LogP contribution in [0.3, 0.4) is 0 Å². The number of imidazole rings is 1. The van der Waals surface area contributed by atoms with E-state index in [0.717, 1.165) is 35.7 Å². The summed E-state index contributed by atoms with van der Waals surface area (Å²) in [5, 5.41) is 0. The van der Waals surface area contributed by atoms with Gasteiger partial charge in [0.1, 0.15) is 11.6 Å². The van der Waals surface area contributed by atoms with E-state index in [0.29, 0.717) is 6.54 Å². The molecule has 18 heavy (non-hydrogen) atoms. The number of hydrogen-bond acceptors (Lipinski definition) is 3. The maximum Gasteiger partial charge on any atom is 0.122 e. The van der Waals surface area contributed by atoms with Gasteiger partial charge in [0.25, 0.3) is 0 Å². The van der Waals surface area contributed by atoms with Gasteiger partial charge in [0.15, 0.2) is 0 Å². The lowest BCUT2D eigenvalue weighted by Gasteiger charge is -2.09. The minimum Gasteiger partial charge on any atom is -0.496 e. The molecule has 0 amide bonds. The molecule has 0 radical (unpaired) electrons. The zero-order valence-corrected chi connectivity index (χ0v) is 10.9. The maximum atomic E-state index is 5.56. The highest BCUT2D eigenvalue weighted by Gasteiger charge is 2.07. The van der Waals surface area contributed by atoms with Crippen molar-refractivity contribution >= 4 is 0 Å². The molecule has 2 aromatic rings. The molecule has 3 N–H and O–H groups in total. The second kappa shape index (κ2) is 5.69. The average molecular weight is 245 g/mol. The summed E-state index contributed by atoms with van der Waals surface area (Å²) in [6.07, 6.45) is 3.53. The third-order valence-electron chi connectivity index (χ3n) is 3.01. The van der Waals surface area contributed by atoms with Gasteiger partial charge in [-0.05, 0) is 18.1 Å². The Balaban J connectivity index is 2.25. The Labute approximate surface area is 107 Å². The summed E-state index contributed by atoms with van der Waals surface area (Å²) in [5.41, 5.74) is 8.97. The van der Waals surface area contributed by atoms with Crippen LogP contribution in [-0.2, 0) is 19.4 Å². The molecular weight excluding hydrogens is 226 g/mol. The molecule has 2 rings (SSSR count). The molecule has 4 nitrogen and oxygen atoms in total. The number of aromatic amines is 1. The first-order valence-electron chi connectivity index (χ1n) is 6.15. The van der Waals surface area contributed by atoms with Crippen LogP contribution >= 0.6 is 0 Å². The lowest BCUT2D eigenvalue weighted by atomic mass is 10.0. The molecule has 4 heteroatoms. The van der Waals surface area contributed by atoms with E-state index in [9.17, 15) is 0 Å². The number of hydrogen-bond donors (Lipinski definition) is 2. The first kappa shape index (κ1) is 12.6. The lowest BCUT2D eigenvalue weighted by Crippen LogP contribution is -1.99. The second-order valence-electron chi connectivity index (χ2n) is 4.24. The summed E-state index contributed by atoms with van der Waals surface area (Å²) in [6, 6.07) is 6.28. The van der Waals surface area contributed by atoms with E-state index in [4.69, 9.17) is 10.5 Å². The molecule has 0 fully saturated rings. The number of ether oxygens (including phenoxy) is 1. The van der Waals surface area contributed by atoms with Crippen molar-refractivity contribution in [1.82, 2.24) is 9.97 Å². The number of nitrogens with one attached hydrogen (secondary N) is 1. The number of nitrogens with zero attached hydrogens (tertiary/aromatic N) is 1. The fourth-order valence-electron chi connectivity index (χ4n) is 1.97. The number of aryl methyl sites for hydroxylation is 1. The van der Waals surface area contributed by atoms with Crippen molar-refractivity contribution in [3.8, 4) is 5.75 Å². The molecule has 96 valence electrons. The first-order chi connectivity index (χ1) is 8.76. The van der Waals surface area contributed by atoms with Crippen LogP contribution in [0.5, 0.6) is 5.75 Å². The molecule has 0 unspecified atom stereocenters. The van der Waals surface area contributed by atoms with Gasteiger partial charge in [-0.25, -0.2) is 4.98 Å². The fraction of sp³-hybridized carbons (Fsp3) is 0.357. The van der Waals surface area contributed by atoms with E-state index in [2.05, 4.69) is 29.0 Å². The zero-order valence-electron chi connectivity index (χ0n) is 10.9. The highest BCUT2D eigenvalue weighted by Crippen LogP contribution is 2.22. The van der Waals surface area contributed by atoms with E-state index < -0.39 is 0 Å². The minimum absolute atomic E-state index is 0.485. The SMILES string of the molecule is CCc1ccc(OC)c(Cc2ncc(CN)[nH]2)c1. The standard InChI is InChI=1S/C14H19N3O/c1-3-10-4-5-13(18-2)11(6-10)7-14-16-9-12(8-15)17-14/h4-6,9H,3,7-8,15H2,1-2H3,(H,16,17). The summed E-state index contributed by atoms with van der Waals surface area (Å²) in [5.74, 6) is 1.82.